The van der Waals surface area contributed by atoms with Gasteiger partial charge in [-0.05, 0) is 12.8 Å². The van der Waals surface area contributed by atoms with Crippen LogP contribution in [0.1, 0.15) is 46.0 Å². The SMILES string of the molecule is CCCCCCOCCCN(C)C(C)=O. The largest absolute Gasteiger partial charge is 0.381 e. The van der Waals surface area contributed by atoms with Crippen LogP contribution in [0.5, 0.6) is 0 Å². The lowest BCUT2D eigenvalue weighted by Gasteiger charge is -2.14. The van der Waals surface area contributed by atoms with E-state index in [9.17, 15) is 4.79 Å². The minimum atomic E-state index is 0.123. The molecular weight excluding hydrogens is 190 g/mol. The van der Waals surface area contributed by atoms with Gasteiger partial charge in [0.2, 0.25) is 5.91 Å². The minimum absolute atomic E-state index is 0.123. The highest BCUT2D eigenvalue weighted by atomic mass is 16.5. The van der Waals surface area contributed by atoms with Gasteiger partial charge < -0.3 is 9.64 Å². The number of hydrogen-bond donors (Lipinski definition) is 0. The second-order valence-electron chi connectivity index (χ2n) is 3.97. The Kier molecular flexibility index (Phi) is 9.59. The summed E-state index contributed by atoms with van der Waals surface area (Å²) in [5.74, 6) is 0.123. The molecule has 0 heterocycles. The van der Waals surface area contributed by atoms with Crippen molar-refractivity contribution in [3.05, 3.63) is 0 Å². The van der Waals surface area contributed by atoms with Crippen LogP contribution in [0.2, 0.25) is 0 Å². The van der Waals surface area contributed by atoms with Crippen LogP contribution < -0.4 is 0 Å². The van der Waals surface area contributed by atoms with E-state index in [2.05, 4.69) is 6.92 Å². The summed E-state index contributed by atoms with van der Waals surface area (Å²) in [7, 11) is 1.82. The first-order valence-electron chi connectivity index (χ1n) is 5.98. The van der Waals surface area contributed by atoms with Gasteiger partial charge in [0, 0.05) is 33.7 Å². The number of ether oxygens (including phenoxy) is 1. The smallest absolute Gasteiger partial charge is 0.219 e. The molecule has 0 spiro atoms. The van der Waals surface area contributed by atoms with Gasteiger partial charge in [0.1, 0.15) is 0 Å². The molecule has 0 aromatic heterocycles. The normalized spacial score (nSPS) is 10.3. The molecule has 0 saturated heterocycles. The first kappa shape index (κ1) is 14.4. The van der Waals surface area contributed by atoms with Gasteiger partial charge in [-0.2, -0.15) is 0 Å². The number of carbonyl (C=O) groups excluding carboxylic acids is 1. The summed E-state index contributed by atoms with van der Waals surface area (Å²) in [4.78, 5) is 12.6. The lowest BCUT2D eigenvalue weighted by atomic mass is 10.2. The number of rotatable bonds is 9. The molecule has 15 heavy (non-hydrogen) atoms. The molecule has 0 aromatic carbocycles. The monoisotopic (exact) mass is 215 g/mol. The summed E-state index contributed by atoms with van der Waals surface area (Å²) < 4.78 is 5.47. The Morgan fingerprint density at radius 2 is 1.80 bits per heavy atom. The average Bonchev–Trinajstić information content (AvgIpc) is 2.21. The van der Waals surface area contributed by atoms with Crippen molar-refractivity contribution in [3.63, 3.8) is 0 Å². The van der Waals surface area contributed by atoms with Crippen LogP contribution in [0.3, 0.4) is 0 Å². The van der Waals surface area contributed by atoms with Gasteiger partial charge in [-0.15, -0.1) is 0 Å². The number of hydrogen-bond acceptors (Lipinski definition) is 2. The van der Waals surface area contributed by atoms with Gasteiger partial charge in [-0.3, -0.25) is 4.79 Å². The van der Waals surface area contributed by atoms with E-state index >= 15 is 0 Å². The van der Waals surface area contributed by atoms with E-state index in [1.54, 1.807) is 11.8 Å². The fourth-order valence-corrected chi connectivity index (χ4v) is 1.29. The molecule has 0 aromatic rings. The van der Waals surface area contributed by atoms with Crippen LogP contribution in [-0.4, -0.2) is 37.6 Å². The Morgan fingerprint density at radius 1 is 1.13 bits per heavy atom. The summed E-state index contributed by atoms with van der Waals surface area (Å²) in [6.07, 6.45) is 5.93. The fraction of sp³-hybridized carbons (Fsp3) is 0.917. The molecular formula is C12H25NO2. The van der Waals surface area contributed by atoms with Crippen LogP contribution in [0.15, 0.2) is 0 Å². The zero-order valence-electron chi connectivity index (χ0n) is 10.4. The first-order valence-corrected chi connectivity index (χ1v) is 5.98. The van der Waals surface area contributed by atoms with Gasteiger partial charge in [-0.1, -0.05) is 26.2 Å². The van der Waals surface area contributed by atoms with Crippen LogP contribution >= 0.6 is 0 Å². The summed E-state index contributed by atoms with van der Waals surface area (Å²) in [5, 5.41) is 0. The molecule has 0 unspecified atom stereocenters. The van der Waals surface area contributed by atoms with Gasteiger partial charge in [-0.25, -0.2) is 0 Å². The molecule has 0 saturated carbocycles. The maximum absolute atomic E-state index is 10.9. The van der Waals surface area contributed by atoms with Crippen molar-refractivity contribution in [1.82, 2.24) is 4.90 Å². The first-order chi connectivity index (χ1) is 7.18. The van der Waals surface area contributed by atoms with Gasteiger partial charge in [0.15, 0.2) is 0 Å². The van der Waals surface area contributed by atoms with Crippen molar-refractivity contribution >= 4 is 5.91 Å². The van der Waals surface area contributed by atoms with Gasteiger partial charge in [0.05, 0.1) is 0 Å². The van der Waals surface area contributed by atoms with Crippen molar-refractivity contribution in [3.8, 4) is 0 Å². The highest BCUT2D eigenvalue weighted by molar-refractivity contribution is 5.72. The van der Waals surface area contributed by atoms with Crippen LogP contribution in [0.25, 0.3) is 0 Å². The maximum Gasteiger partial charge on any atom is 0.219 e. The molecule has 3 heteroatoms. The Labute approximate surface area is 93.8 Å². The third kappa shape index (κ3) is 9.73. The van der Waals surface area contributed by atoms with Crippen LogP contribution in [0, 0.1) is 0 Å². The van der Waals surface area contributed by atoms with Crippen LogP contribution in [-0.2, 0) is 9.53 Å². The predicted octanol–water partition coefficient (Wildman–Crippen LogP) is 2.45. The third-order valence-corrected chi connectivity index (χ3v) is 2.46. The number of amides is 1. The number of carbonyl (C=O) groups is 1. The summed E-state index contributed by atoms with van der Waals surface area (Å²) in [6.45, 7) is 6.22. The van der Waals surface area contributed by atoms with E-state index in [4.69, 9.17) is 4.74 Å². The van der Waals surface area contributed by atoms with Crippen molar-refractivity contribution in [1.29, 1.82) is 0 Å². The summed E-state index contributed by atoms with van der Waals surface area (Å²) >= 11 is 0. The molecule has 0 bridgehead atoms. The van der Waals surface area contributed by atoms with Crippen molar-refractivity contribution in [2.24, 2.45) is 0 Å². The maximum atomic E-state index is 10.9. The standard InChI is InChI=1S/C12H25NO2/c1-4-5-6-7-10-15-11-8-9-13(3)12(2)14/h4-11H2,1-3H3. The average molecular weight is 215 g/mol. The lowest BCUT2D eigenvalue weighted by Crippen LogP contribution is -2.25. The van der Waals surface area contributed by atoms with E-state index in [0.29, 0.717) is 0 Å². The zero-order valence-corrected chi connectivity index (χ0v) is 10.4. The Bertz CT molecular complexity index is 160. The third-order valence-electron chi connectivity index (χ3n) is 2.46. The van der Waals surface area contributed by atoms with E-state index < -0.39 is 0 Å². The molecule has 90 valence electrons. The molecule has 0 N–H and O–H groups in total. The molecule has 3 nitrogen and oxygen atoms in total. The van der Waals surface area contributed by atoms with E-state index in [0.717, 1.165) is 32.6 Å². The molecule has 0 aliphatic rings. The number of unbranched alkanes of at least 4 members (excludes halogenated alkanes) is 3. The predicted molar refractivity (Wildman–Crippen MR) is 62.9 cm³/mol. The molecule has 0 rings (SSSR count). The van der Waals surface area contributed by atoms with E-state index in [-0.39, 0.29) is 5.91 Å². The van der Waals surface area contributed by atoms with E-state index in [1.807, 2.05) is 7.05 Å². The molecule has 0 radical (unpaired) electrons. The Morgan fingerprint density at radius 3 is 2.40 bits per heavy atom. The van der Waals surface area contributed by atoms with E-state index in [1.165, 1.54) is 19.3 Å². The molecule has 0 aliphatic heterocycles. The summed E-state index contributed by atoms with van der Waals surface area (Å²) in [5.41, 5.74) is 0. The van der Waals surface area contributed by atoms with Crippen molar-refractivity contribution < 1.29 is 9.53 Å². The Balaban J connectivity index is 3.08. The second-order valence-corrected chi connectivity index (χ2v) is 3.97. The zero-order chi connectivity index (χ0) is 11.5. The molecule has 0 fully saturated rings. The van der Waals surface area contributed by atoms with Gasteiger partial charge in [0.25, 0.3) is 0 Å². The molecule has 0 aliphatic carbocycles. The van der Waals surface area contributed by atoms with Gasteiger partial charge >= 0.3 is 0 Å². The number of nitrogens with zero attached hydrogens (tertiary/aromatic N) is 1. The second kappa shape index (κ2) is 9.97. The fourth-order valence-electron chi connectivity index (χ4n) is 1.29. The highest BCUT2D eigenvalue weighted by Gasteiger charge is 2.00. The Hall–Kier alpha value is -0.570. The molecule has 1 amide bonds. The van der Waals surface area contributed by atoms with Crippen molar-refractivity contribution in [2.75, 3.05) is 26.8 Å². The quantitative estimate of drug-likeness (QED) is 0.553. The summed E-state index contributed by atoms with van der Waals surface area (Å²) in [6, 6.07) is 0. The highest BCUT2D eigenvalue weighted by Crippen LogP contribution is 1.99. The minimum Gasteiger partial charge on any atom is -0.381 e. The van der Waals surface area contributed by atoms with Crippen LogP contribution in [0.4, 0.5) is 0 Å². The van der Waals surface area contributed by atoms with Crippen molar-refractivity contribution in [2.45, 2.75) is 46.0 Å². The molecule has 0 atom stereocenters. The lowest BCUT2D eigenvalue weighted by molar-refractivity contribution is -0.127. The topological polar surface area (TPSA) is 29.5 Å².